The fourth-order valence-corrected chi connectivity index (χ4v) is 1.01. The van der Waals surface area contributed by atoms with Crippen molar-refractivity contribution in [2.45, 2.75) is 12.5 Å². The second-order valence-electron chi connectivity index (χ2n) is 2.53. The molecule has 2 unspecified atom stereocenters. The molecule has 0 aromatic carbocycles. The van der Waals surface area contributed by atoms with Crippen LogP contribution in [0.15, 0.2) is 12.7 Å². The Balaban J connectivity index is 2.94. The number of carbonyl (C=O) groups is 1. The summed E-state index contributed by atoms with van der Waals surface area (Å²) < 4.78 is 0. The van der Waals surface area contributed by atoms with E-state index in [4.69, 9.17) is 15.6 Å². The SMILES string of the molecule is C=CCC1C(=O)N(O)N(O)[N+]1([O-])O. The second-order valence-corrected chi connectivity index (χ2v) is 2.53. The fourth-order valence-electron chi connectivity index (χ4n) is 1.01. The van der Waals surface area contributed by atoms with Crippen LogP contribution in [-0.2, 0) is 4.79 Å². The van der Waals surface area contributed by atoms with E-state index in [-0.39, 0.29) is 11.6 Å². The summed E-state index contributed by atoms with van der Waals surface area (Å²) in [6.45, 7) is 3.26. The summed E-state index contributed by atoms with van der Waals surface area (Å²) in [5, 5.41) is 36.7. The van der Waals surface area contributed by atoms with Gasteiger partial charge < -0.3 is 5.21 Å². The van der Waals surface area contributed by atoms with Crippen LogP contribution in [-0.4, -0.2) is 42.9 Å². The highest BCUT2D eigenvalue weighted by Crippen LogP contribution is 2.25. The molecule has 0 saturated carbocycles. The molecule has 1 heterocycles. The summed E-state index contributed by atoms with van der Waals surface area (Å²) in [5.74, 6) is -1.10. The first-order chi connectivity index (χ1) is 5.92. The van der Waals surface area contributed by atoms with Gasteiger partial charge in [0, 0.05) is 6.42 Å². The highest BCUT2D eigenvalue weighted by atomic mass is 17.0. The predicted octanol–water partition coefficient (Wildman–Crippen LogP) is -0.612. The van der Waals surface area contributed by atoms with Gasteiger partial charge >= 0.3 is 5.91 Å². The molecule has 8 nitrogen and oxygen atoms in total. The third-order valence-corrected chi connectivity index (χ3v) is 1.70. The van der Waals surface area contributed by atoms with Crippen LogP contribution in [0.5, 0.6) is 0 Å². The van der Waals surface area contributed by atoms with E-state index in [0.717, 1.165) is 0 Å². The molecule has 13 heavy (non-hydrogen) atoms. The highest BCUT2D eigenvalue weighted by molar-refractivity contribution is 5.80. The maximum absolute atomic E-state index is 11.1. The van der Waals surface area contributed by atoms with Crippen molar-refractivity contribution in [1.82, 2.24) is 10.5 Å². The maximum atomic E-state index is 11.1. The third-order valence-electron chi connectivity index (χ3n) is 1.70. The molecular weight excluding hydrogens is 182 g/mol. The van der Waals surface area contributed by atoms with Gasteiger partial charge in [-0.05, 0) is 0 Å². The molecule has 0 bridgehead atoms. The first-order valence-electron chi connectivity index (χ1n) is 3.38. The number of hydrazine groups is 1. The van der Waals surface area contributed by atoms with E-state index in [0.29, 0.717) is 0 Å². The van der Waals surface area contributed by atoms with E-state index in [2.05, 4.69) is 6.58 Å². The van der Waals surface area contributed by atoms with Crippen molar-refractivity contribution < 1.29 is 25.3 Å². The number of hydrogen-bond donors (Lipinski definition) is 3. The van der Waals surface area contributed by atoms with Crippen molar-refractivity contribution in [3.63, 3.8) is 0 Å². The molecule has 2 atom stereocenters. The lowest BCUT2D eigenvalue weighted by atomic mass is 10.2. The maximum Gasteiger partial charge on any atom is 0.331 e. The van der Waals surface area contributed by atoms with E-state index < -0.39 is 22.1 Å². The first kappa shape index (κ1) is 10.1. The fraction of sp³-hybridized carbons (Fsp3) is 0.400. The molecule has 1 saturated heterocycles. The minimum Gasteiger partial charge on any atom is -0.574 e. The predicted molar refractivity (Wildman–Crippen MR) is 36.3 cm³/mol. The Kier molecular flexibility index (Phi) is 2.34. The Morgan fingerprint density at radius 1 is 1.69 bits per heavy atom. The van der Waals surface area contributed by atoms with Gasteiger partial charge in [0.1, 0.15) is 5.28 Å². The minimum absolute atomic E-state index is 0.160. The lowest BCUT2D eigenvalue weighted by Crippen LogP contribution is -2.53. The van der Waals surface area contributed by atoms with Gasteiger partial charge in [0.25, 0.3) is 0 Å². The minimum atomic E-state index is -2.37. The van der Waals surface area contributed by atoms with Crippen molar-refractivity contribution in [3.05, 3.63) is 17.9 Å². The van der Waals surface area contributed by atoms with Crippen LogP contribution in [0.3, 0.4) is 0 Å². The van der Waals surface area contributed by atoms with E-state index in [1.165, 1.54) is 6.08 Å². The van der Waals surface area contributed by atoms with Gasteiger partial charge in [-0.3, -0.25) is 10.0 Å². The second kappa shape index (κ2) is 3.03. The summed E-state index contributed by atoms with van der Waals surface area (Å²) in [4.78, 5) is 8.60. The number of carbonyl (C=O) groups excluding carboxylic acids is 1. The zero-order valence-corrected chi connectivity index (χ0v) is 6.57. The summed E-state index contributed by atoms with van der Waals surface area (Å²) in [6, 6.07) is -1.52. The van der Waals surface area contributed by atoms with Crippen LogP contribution in [0, 0.1) is 5.21 Å². The van der Waals surface area contributed by atoms with Crippen LogP contribution < -0.4 is 0 Å². The van der Waals surface area contributed by atoms with Gasteiger partial charge in [-0.2, -0.15) is 5.21 Å². The van der Waals surface area contributed by atoms with E-state index >= 15 is 0 Å². The summed E-state index contributed by atoms with van der Waals surface area (Å²) in [7, 11) is 0. The number of quaternary nitrogens is 1. The molecule has 3 N–H and O–H groups in total. The van der Waals surface area contributed by atoms with Crippen LogP contribution in [0.4, 0.5) is 0 Å². The molecule has 0 aromatic heterocycles. The molecule has 1 amide bonds. The molecule has 1 rings (SSSR count). The Hall–Kier alpha value is -1.03. The first-order valence-corrected chi connectivity index (χ1v) is 3.38. The normalized spacial score (nSPS) is 35.5. The van der Waals surface area contributed by atoms with Crippen molar-refractivity contribution in [3.8, 4) is 0 Å². The number of hydroxylamine groups is 3. The molecule has 74 valence electrons. The van der Waals surface area contributed by atoms with Crippen LogP contribution in [0.1, 0.15) is 6.42 Å². The lowest BCUT2D eigenvalue weighted by Gasteiger charge is -2.32. The third kappa shape index (κ3) is 1.31. The van der Waals surface area contributed by atoms with E-state index in [9.17, 15) is 10.0 Å². The van der Waals surface area contributed by atoms with Gasteiger partial charge in [0.2, 0.25) is 6.04 Å². The topological polar surface area (TPSA) is 107 Å². The standard InChI is InChI=1S/C5H9N3O5/c1-2-3-4-5(9)6(10)7(11)8(4,12)13/h2,4,10-12H,1,3H2. The van der Waals surface area contributed by atoms with Crippen LogP contribution in [0.2, 0.25) is 0 Å². The van der Waals surface area contributed by atoms with Gasteiger partial charge in [-0.15, -0.1) is 6.58 Å². The monoisotopic (exact) mass is 191 g/mol. The smallest absolute Gasteiger partial charge is 0.331 e. The van der Waals surface area contributed by atoms with Crippen molar-refractivity contribution in [2.24, 2.45) is 0 Å². The zero-order valence-electron chi connectivity index (χ0n) is 6.57. The van der Waals surface area contributed by atoms with Crippen molar-refractivity contribution in [2.75, 3.05) is 0 Å². The number of amides is 1. The van der Waals surface area contributed by atoms with Gasteiger partial charge in [0.05, 0.1) is 0 Å². The molecule has 0 spiro atoms. The highest BCUT2D eigenvalue weighted by Gasteiger charge is 2.54. The number of hydrogen-bond acceptors (Lipinski definition) is 6. The Morgan fingerprint density at radius 2 is 2.23 bits per heavy atom. The van der Waals surface area contributed by atoms with Crippen LogP contribution >= 0.6 is 0 Å². The Labute approximate surface area is 73.1 Å². The average molecular weight is 191 g/mol. The number of rotatable bonds is 2. The zero-order chi connectivity index (χ0) is 10.2. The van der Waals surface area contributed by atoms with E-state index in [1.807, 2.05) is 0 Å². The molecule has 1 fully saturated rings. The van der Waals surface area contributed by atoms with Gasteiger partial charge in [-0.25, -0.2) is 5.21 Å². The molecule has 8 heteroatoms. The number of nitrogens with zero attached hydrogens (tertiary/aromatic N) is 3. The molecule has 1 aliphatic rings. The summed E-state index contributed by atoms with van der Waals surface area (Å²) in [6.07, 6.45) is 1.06. The molecule has 0 radical (unpaired) electrons. The summed E-state index contributed by atoms with van der Waals surface area (Å²) >= 11 is 0. The molecule has 0 aromatic rings. The van der Waals surface area contributed by atoms with Crippen molar-refractivity contribution in [1.29, 1.82) is 0 Å². The lowest BCUT2D eigenvalue weighted by molar-refractivity contribution is -1.20. The summed E-state index contributed by atoms with van der Waals surface area (Å²) in [5.41, 5.74) is 0. The Bertz CT molecular complexity index is 242. The van der Waals surface area contributed by atoms with E-state index in [1.54, 1.807) is 0 Å². The Morgan fingerprint density at radius 3 is 2.54 bits per heavy atom. The molecule has 1 aliphatic heterocycles. The van der Waals surface area contributed by atoms with Crippen molar-refractivity contribution >= 4 is 5.91 Å². The van der Waals surface area contributed by atoms with Gasteiger partial charge in [0.15, 0.2) is 0 Å². The average Bonchev–Trinajstić information content (AvgIpc) is 2.20. The molecular formula is C5H9N3O5. The van der Waals surface area contributed by atoms with Crippen LogP contribution in [0.25, 0.3) is 0 Å². The quantitative estimate of drug-likeness (QED) is 0.232. The largest absolute Gasteiger partial charge is 0.574 e. The van der Waals surface area contributed by atoms with Gasteiger partial charge in [-0.1, -0.05) is 16.2 Å². The molecule has 0 aliphatic carbocycles.